The van der Waals surface area contributed by atoms with E-state index in [1.165, 1.54) is 25.7 Å². The lowest BCUT2D eigenvalue weighted by Gasteiger charge is -2.41. The maximum absolute atomic E-state index is 12.5. The van der Waals surface area contributed by atoms with Crippen LogP contribution < -0.4 is 10.6 Å². The first-order valence-corrected chi connectivity index (χ1v) is 7.96. The molecule has 1 amide bonds. The molecule has 4 heteroatoms. The zero-order valence-electron chi connectivity index (χ0n) is 12.1. The number of carbonyl (C=O) groups is 1. The van der Waals surface area contributed by atoms with Crippen LogP contribution in [0.5, 0.6) is 0 Å². The Kier molecular flexibility index (Phi) is 3.81. The van der Waals surface area contributed by atoms with E-state index in [0.29, 0.717) is 11.9 Å². The highest BCUT2D eigenvalue weighted by Crippen LogP contribution is 2.32. The first kappa shape index (κ1) is 13.4. The Hall–Kier alpha value is -0.610. The monoisotopic (exact) mass is 265 g/mol. The van der Waals surface area contributed by atoms with Crippen molar-refractivity contribution in [1.29, 1.82) is 0 Å². The van der Waals surface area contributed by atoms with E-state index < -0.39 is 0 Å². The molecule has 3 rings (SSSR count). The molecular formula is C15H27N3O. The summed E-state index contributed by atoms with van der Waals surface area (Å²) in [4.78, 5) is 15.0. The second kappa shape index (κ2) is 5.41. The number of rotatable bonds is 3. The van der Waals surface area contributed by atoms with Gasteiger partial charge in [-0.05, 0) is 71.5 Å². The van der Waals surface area contributed by atoms with E-state index >= 15 is 0 Å². The highest BCUT2D eigenvalue weighted by molar-refractivity contribution is 5.83. The Morgan fingerprint density at radius 2 is 1.95 bits per heavy atom. The zero-order valence-corrected chi connectivity index (χ0v) is 12.1. The van der Waals surface area contributed by atoms with Gasteiger partial charge in [-0.2, -0.15) is 0 Å². The molecule has 1 aliphatic carbocycles. The molecule has 19 heavy (non-hydrogen) atoms. The highest BCUT2D eigenvalue weighted by Gasteiger charge is 2.40. The normalized spacial score (nSPS) is 31.9. The fraction of sp³-hybridized carbons (Fsp3) is 0.933. The van der Waals surface area contributed by atoms with Gasteiger partial charge >= 0.3 is 0 Å². The number of nitrogens with one attached hydrogen (secondary N) is 2. The highest BCUT2D eigenvalue weighted by atomic mass is 16.2. The van der Waals surface area contributed by atoms with E-state index in [1.807, 2.05) is 0 Å². The standard InChI is InChI=1S/C15H27N3O/c1-15(7-3-8-15)17-14(19)13-4-2-11-18(13)12-5-9-16-10-6-12/h12-13,16H,2-11H2,1H3,(H,17,19). The lowest BCUT2D eigenvalue weighted by molar-refractivity contribution is -0.129. The summed E-state index contributed by atoms with van der Waals surface area (Å²) < 4.78 is 0. The average Bonchev–Trinajstić information content (AvgIpc) is 2.87. The van der Waals surface area contributed by atoms with E-state index in [0.717, 1.165) is 38.9 Å². The smallest absolute Gasteiger partial charge is 0.237 e. The van der Waals surface area contributed by atoms with Crippen molar-refractivity contribution < 1.29 is 4.79 Å². The SMILES string of the molecule is CC1(NC(=O)C2CCCN2C2CCNCC2)CCC1. The average molecular weight is 265 g/mol. The van der Waals surface area contributed by atoms with Crippen molar-refractivity contribution in [3.8, 4) is 0 Å². The van der Waals surface area contributed by atoms with Crippen LogP contribution >= 0.6 is 0 Å². The fourth-order valence-electron chi connectivity index (χ4n) is 3.86. The van der Waals surface area contributed by atoms with Gasteiger partial charge in [0.2, 0.25) is 5.91 Å². The van der Waals surface area contributed by atoms with Crippen molar-refractivity contribution in [3.05, 3.63) is 0 Å². The Labute approximate surface area is 116 Å². The van der Waals surface area contributed by atoms with Crippen molar-refractivity contribution in [3.63, 3.8) is 0 Å². The largest absolute Gasteiger partial charge is 0.350 e. The number of hydrogen-bond donors (Lipinski definition) is 2. The van der Waals surface area contributed by atoms with E-state index in [9.17, 15) is 4.79 Å². The summed E-state index contributed by atoms with van der Waals surface area (Å²) in [7, 11) is 0. The minimum atomic E-state index is 0.0967. The van der Waals surface area contributed by atoms with Crippen molar-refractivity contribution in [2.24, 2.45) is 0 Å². The van der Waals surface area contributed by atoms with Gasteiger partial charge in [-0.25, -0.2) is 0 Å². The third-order valence-electron chi connectivity index (χ3n) is 5.26. The molecular weight excluding hydrogens is 238 g/mol. The molecule has 1 atom stereocenters. The molecule has 0 bridgehead atoms. The van der Waals surface area contributed by atoms with Crippen LogP contribution in [-0.4, -0.2) is 48.1 Å². The Bertz CT molecular complexity index is 334. The number of carbonyl (C=O) groups excluding carboxylic acids is 1. The number of piperidine rings is 1. The minimum absolute atomic E-state index is 0.0967. The van der Waals surface area contributed by atoms with E-state index in [4.69, 9.17) is 0 Å². The molecule has 0 spiro atoms. The molecule has 2 aliphatic heterocycles. The molecule has 0 radical (unpaired) electrons. The van der Waals surface area contributed by atoms with Crippen LogP contribution in [0.15, 0.2) is 0 Å². The number of likely N-dealkylation sites (tertiary alicyclic amines) is 1. The number of hydrogen-bond acceptors (Lipinski definition) is 3. The zero-order chi connectivity index (χ0) is 13.3. The van der Waals surface area contributed by atoms with Crippen LogP contribution in [0.4, 0.5) is 0 Å². The second-order valence-corrected chi connectivity index (χ2v) is 6.78. The van der Waals surface area contributed by atoms with Gasteiger partial charge in [0.1, 0.15) is 0 Å². The fourth-order valence-corrected chi connectivity index (χ4v) is 3.86. The summed E-state index contributed by atoms with van der Waals surface area (Å²) >= 11 is 0. The molecule has 2 N–H and O–H groups in total. The molecule has 0 aromatic heterocycles. The molecule has 0 aromatic rings. The summed E-state index contributed by atoms with van der Waals surface area (Å²) in [6, 6.07) is 0.759. The van der Waals surface area contributed by atoms with Gasteiger partial charge < -0.3 is 10.6 Å². The van der Waals surface area contributed by atoms with Gasteiger partial charge in [-0.1, -0.05) is 0 Å². The first-order valence-electron chi connectivity index (χ1n) is 7.96. The van der Waals surface area contributed by atoms with Crippen LogP contribution in [0.3, 0.4) is 0 Å². The first-order chi connectivity index (χ1) is 9.18. The Balaban J connectivity index is 1.60. The van der Waals surface area contributed by atoms with Crippen molar-refractivity contribution in [1.82, 2.24) is 15.5 Å². The molecule has 1 unspecified atom stereocenters. The lowest BCUT2D eigenvalue weighted by Crippen LogP contribution is -2.57. The van der Waals surface area contributed by atoms with Gasteiger partial charge in [0.25, 0.3) is 0 Å². The molecule has 2 heterocycles. The number of nitrogens with zero attached hydrogens (tertiary/aromatic N) is 1. The van der Waals surface area contributed by atoms with Crippen molar-refractivity contribution >= 4 is 5.91 Å². The molecule has 1 saturated carbocycles. The maximum atomic E-state index is 12.5. The van der Waals surface area contributed by atoms with Crippen LogP contribution in [0.2, 0.25) is 0 Å². The van der Waals surface area contributed by atoms with Gasteiger partial charge in [-0.3, -0.25) is 9.69 Å². The van der Waals surface area contributed by atoms with Crippen LogP contribution in [0.25, 0.3) is 0 Å². The van der Waals surface area contributed by atoms with Crippen LogP contribution in [0, 0.1) is 0 Å². The van der Waals surface area contributed by atoms with Gasteiger partial charge in [0.05, 0.1) is 6.04 Å². The molecule has 3 aliphatic rings. The summed E-state index contributed by atoms with van der Waals surface area (Å²) in [5.41, 5.74) is 0.0967. The van der Waals surface area contributed by atoms with Crippen LogP contribution in [-0.2, 0) is 4.79 Å². The molecule has 3 fully saturated rings. The summed E-state index contributed by atoms with van der Waals surface area (Å²) in [6.07, 6.45) is 8.18. The van der Waals surface area contributed by atoms with Crippen LogP contribution in [0.1, 0.15) is 51.9 Å². The van der Waals surface area contributed by atoms with E-state index in [2.05, 4.69) is 22.5 Å². The predicted molar refractivity (Wildman–Crippen MR) is 76.0 cm³/mol. The van der Waals surface area contributed by atoms with Crippen molar-refractivity contribution in [2.45, 2.75) is 69.5 Å². The van der Waals surface area contributed by atoms with Crippen molar-refractivity contribution in [2.75, 3.05) is 19.6 Å². The molecule has 4 nitrogen and oxygen atoms in total. The van der Waals surface area contributed by atoms with Gasteiger partial charge in [0, 0.05) is 11.6 Å². The summed E-state index contributed by atoms with van der Waals surface area (Å²) in [5, 5.41) is 6.72. The molecule has 0 aromatic carbocycles. The molecule has 108 valence electrons. The predicted octanol–water partition coefficient (Wildman–Crippen LogP) is 1.26. The second-order valence-electron chi connectivity index (χ2n) is 6.78. The maximum Gasteiger partial charge on any atom is 0.237 e. The molecule has 2 saturated heterocycles. The lowest BCUT2D eigenvalue weighted by atomic mass is 9.78. The number of amides is 1. The summed E-state index contributed by atoms with van der Waals surface area (Å²) in [5.74, 6) is 0.290. The Morgan fingerprint density at radius 3 is 2.58 bits per heavy atom. The van der Waals surface area contributed by atoms with E-state index in [1.54, 1.807) is 0 Å². The third kappa shape index (κ3) is 2.79. The Morgan fingerprint density at radius 1 is 1.21 bits per heavy atom. The van der Waals surface area contributed by atoms with Gasteiger partial charge in [-0.15, -0.1) is 0 Å². The summed E-state index contributed by atoms with van der Waals surface area (Å²) in [6.45, 7) is 5.51. The quantitative estimate of drug-likeness (QED) is 0.807. The van der Waals surface area contributed by atoms with Gasteiger partial charge in [0.15, 0.2) is 0 Å². The van der Waals surface area contributed by atoms with E-state index in [-0.39, 0.29) is 11.6 Å². The topological polar surface area (TPSA) is 44.4 Å². The third-order valence-corrected chi connectivity index (χ3v) is 5.26. The minimum Gasteiger partial charge on any atom is -0.350 e.